The molecule has 4 nitrogen and oxygen atoms in total. The van der Waals surface area contributed by atoms with Crippen molar-refractivity contribution in [1.82, 2.24) is 0 Å². The molecule has 1 aliphatic carbocycles. The van der Waals surface area contributed by atoms with E-state index in [1.165, 1.54) is 43.2 Å². The maximum atomic E-state index is 5.97. The Bertz CT molecular complexity index is 551. The second-order valence-corrected chi connectivity index (χ2v) is 7.08. The Kier molecular flexibility index (Phi) is 8.99. The zero-order valence-electron chi connectivity index (χ0n) is 16.8. The van der Waals surface area contributed by atoms with Crippen LogP contribution >= 0.6 is 0 Å². The lowest BCUT2D eigenvalue weighted by molar-refractivity contribution is 0.0442. The zero-order chi connectivity index (χ0) is 18.8. The number of aryl methyl sites for hydroxylation is 1. The number of hydrogen-bond acceptors (Lipinski definition) is 4. The summed E-state index contributed by atoms with van der Waals surface area (Å²) in [5.74, 6) is 2.07. The molecule has 0 saturated carbocycles. The molecular weight excluding hydrogens is 328 g/mol. The third kappa shape index (κ3) is 6.03. The Morgan fingerprint density at radius 2 is 1.65 bits per heavy atom. The van der Waals surface area contributed by atoms with Crippen LogP contribution in [0.15, 0.2) is 23.8 Å². The van der Waals surface area contributed by atoms with Gasteiger partial charge in [-0.3, -0.25) is 0 Å². The molecule has 0 spiro atoms. The smallest absolute Gasteiger partial charge is 0.188 e. The Balaban J connectivity index is 2.40. The fourth-order valence-electron chi connectivity index (χ4n) is 3.57. The minimum absolute atomic E-state index is 0.241. The Morgan fingerprint density at radius 3 is 2.19 bits per heavy atom. The summed E-state index contributed by atoms with van der Waals surface area (Å²) in [4.78, 5) is 0. The standard InChI is InChI=1S/C22H34O4/c1-5-6-7-10-18-13-20(25-15-23-3)22(21(14-18)26-16-24-4)19-11-8-9-17(2)12-19/h12-14,19H,5-11,15-16H2,1-4H3. The summed E-state index contributed by atoms with van der Waals surface area (Å²) in [7, 11) is 3.30. The fourth-order valence-corrected chi connectivity index (χ4v) is 3.57. The fraction of sp³-hybridized carbons (Fsp3) is 0.636. The molecule has 4 heteroatoms. The van der Waals surface area contributed by atoms with Gasteiger partial charge in [-0.1, -0.05) is 31.4 Å². The quantitative estimate of drug-likeness (QED) is 0.292. The van der Waals surface area contributed by atoms with Crippen LogP contribution in [0.25, 0.3) is 0 Å². The number of ether oxygens (including phenoxy) is 4. The van der Waals surface area contributed by atoms with Gasteiger partial charge in [-0.2, -0.15) is 0 Å². The number of hydrogen-bond donors (Lipinski definition) is 0. The predicted molar refractivity (Wildman–Crippen MR) is 105 cm³/mol. The first-order chi connectivity index (χ1) is 12.7. The topological polar surface area (TPSA) is 36.9 Å². The molecule has 1 aromatic carbocycles. The predicted octanol–water partition coefficient (Wildman–Crippen LogP) is 5.60. The molecule has 0 radical (unpaired) electrons. The van der Waals surface area contributed by atoms with Crippen LogP contribution in [-0.4, -0.2) is 27.8 Å². The molecule has 2 rings (SSSR count). The molecule has 1 aromatic rings. The highest BCUT2D eigenvalue weighted by Crippen LogP contribution is 2.42. The normalized spacial score (nSPS) is 17.1. The van der Waals surface area contributed by atoms with Crippen LogP contribution in [0, 0.1) is 0 Å². The maximum absolute atomic E-state index is 5.97. The third-order valence-electron chi connectivity index (χ3n) is 4.84. The van der Waals surface area contributed by atoms with Gasteiger partial charge in [-0.25, -0.2) is 0 Å². The molecule has 0 heterocycles. The lowest BCUT2D eigenvalue weighted by atomic mass is 9.84. The minimum atomic E-state index is 0.241. The van der Waals surface area contributed by atoms with Crippen molar-refractivity contribution in [3.8, 4) is 11.5 Å². The largest absolute Gasteiger partial charge is 0.467 e. The summed E-state index contributed by atoms with van der Waals surface area (Å²) in [6.45, 7) is 4.91. The van der Waals surface area contributed by atoms with E-state index in [2.05, 4.69) is 32.1 Å². The molecule has 0 saturated heterocycles. The van der Waals surface area contributed by atoms with Gasteiger partial charge in [0.15, 0.2) is 13.6 Å². The van der Waals surface area contributed by atoms with Crippen LogP contribution in [0.3, 0.4) is 0 Å². The van der Waals surface area contributed by atoms with E-state index in [0.717, 1.165) is 29.9 Å². The van der Waals surface area contributed by atoms with Gasteiger partial charge < -0.3 is 18.9 Å². The van der Waals surface area contributed by atoms with Gasteiger partial charge in [-0.05, 0) is 56.7 Å². The first kappa shape index (κ1) is 20.8. The lowest BCUT2D eigenvalue weighted by Crippen LogP contribution is -2.11. The molecule has 146 valence electrons. The molecule has 0 bridgehead atoms. The summed E-state index contributed by atoms with van der Waals surface area (Å²) in [6.07, 6.45) is 10.5. The van der Waals surface area contributed by atoms with Crippen LogP contribution in [-0.2, 0) is 15.9 Å². The highest BCUT2D eigenvalue weighted by molar-refractivity contribution is 5.52. The van der Waals surface area contributed by atoms with E-state index in [1.54, 1.807) is 14.2 Å². The average Bonchev–Trinajstić information content (AvgIpc) is 2.64. The van der Waals surface area contributed by atoms with E-state index in [0.29, 0.717) is 5.92 Å². The zero-order valence-corrected chi connectivity index (χ0v) is 16.8. The highest BCUT2D eigenvalue weighted by Gasteiger charge is 2.23. The lowest BCUT2D eigenvalue weighted by Gasteiger charge is -2.25. The van der Waals surface area contributed by atoms with Gasteiger partial charge in [0.05, 0.1) is 0 Å². The summed E-state index contributed by atoms with van der Waals surface area (Å²) < 4.78 is 22.3. The van der Waals surface area contributed by atoms with Gasteiger partial charge >= 0.3 is 0 Å². The summed E-state index contributed by atoms with van der Waals surface area (Å²) >= 11 is 0. The van der Waals surface area contributed by atoms with Crippen LogP contribution in [0.5, 0.6) is 11.5 Å². The van der Waals surface area contributed by atoms with Gasteiger partial charge in [-0.15, -0.1) is 0 Å². The highest BCUT2D eigenvalue weighted by atomic mass is 16.7. The Morgan fingerprint density at radius 1 is 1.00 bits per heavy atom. The van der Waals surface area contributed by atoms with E-state index in [1.807, 2.05) is 0 Å². The molecule has 1 unspecified atom stereocenters. The van der Waals surface area contributed by atoms with E-state index >= 15 is 0 Å². The summed E-state index contributed by atoms with van der Waals surface area (Å²) in [5.41, 5.74) is 3.80. The van der Waals surface area contributed by atoms with Crippen molar-refractivity contribution in [3.05, 3.63) is 34.9 Å². The molecular formula is C22H34O4. The van der Waals surface area contributed by atoms with E-state index in [4.69, 9.17) is 18.9 Å². The number of benzene rings is 1. The van der Waals surface area contributed by atoms with Gasteiger partial charge in [0.2, 0.25) is 0 Å². The molecule has 1 atom stereocenters. The third-order valence-corrected chi connectivity index (χ3v) is 4.84. The van der Waals surface area contributed by atoms with Crippen LogP contribution in [0.4, 0.5) is 0 Å². The molecule has 0 fully saturated rings. The van der Waals surface area contributed by atoms with Crippen molar-refractivity contribution in [2.45, 2.75) is 64.7 Å². The van der Waals surface area contributed by atoms with Crippen molar-refractivity contribution in [3.63, 3.8) is 0 Å². The molecule has 26 heavy (non-hydrogen) atoms. The number of unbranched alkanes of at least 4 members (excludes halogenated alkanes) is 2. The minimum Gasteiger partial charge on any atom is -0.467 e. The van der Waals surface area contributed by atoms with Gasteiger partial charge in [0.25, 0.3) is 0 Å². The summed E-state index contributed by atoms with van der Waals surface area (Å²) in [6, 6.07) is 4.34. The molecule has 0 aliphatic heterocycles. The second kappa shape index (κ2) is 11.2. The molecule has 0 amide bonds. The maximum Gasteiger partial charge on any atom is 0.188 e. The van der Waals surface area contributed by atoms with Gasteiger partial charge in [0.1, 0.15) is 11.5 Å². The average molecular weight is 363 g/mol. The number of rotatable bonds is 11. The van der Waals surface area contributed by atoms with Crippen molar-refractivity contribution in [1.29, 1.82) is 0 Å². The van der Waals surface area contributed by atoms with E-state index in [-0.39, 0.29) is 13.6 Å². The van der Waals surface area contributed by atoms with Gasteiger partial charge in [0, 0.05) is 25.7 Å². The molecule has 0 N–H and O–H groups in total. The van der Waals surface area contributed by atoms with Crippen LogP contribution in [0.1, 0.15) is 69.4 Å². The first-order valence-corrected chi connectivity index (χ1v) is 9.77. The van der Waals surface area contributed by atoms with Crippen molar-refractivity contribution in [2.75, 3.05) is 27.8 Å². The van der Waals surface area contributed by atoms with Crippen molar-refractivity contribution < 1.29 is 18.9 Å². The van der Waals surface area contributed by atoms with Crippen molar-refractivity contribution >= 4 is 0 Å². The number of allylic oxidation sites excluding steroid dienone is 2. The Hall–Kier alpha value is -1.52. The monoisotopic (exact) mass is 362 g/mol. The van der Waals surface area contributed by atoms with E-state index < -0.39 is 0 Å². The SMILES string of the molecule is CCCCCc1cc(OCOC)c(C2C=C(C)CCC2)c(OCOC)c1. The summed E-state index contributed by atoms with van der Waals surface area (Å²) in [5, 5.41) is 0. The van der Waals surface area contributed by atoms with Crippen LogP contribution < -0.4 is 9.47 Å². The van der Waals surface area contributed by atoms with Crippen LogP contribution in [0.2, 0.25) is 0 Å². The molecule has 0 aromatic heterocycles. The first-order valence-electron chi connectivity index (χ1n) is 9.77. The van der Waals surface area contributed by atoms with E-state index in [9.17, 15) is 0 Å². The number of methoxy groups -OCH3 is 2. The van der Waals surface area contributed by atoms with Crippen molar-refractivity contribution in [2.24, 2.45) is 0 Å². The molecule has 1 aliphatic rings. The Labute approximate surface area is 158 Å². The second-order valence-electron chi connectivity index (χ2n) is 7.08.